The number of nitriles is 1. The predicted octanol–water partition coefficient (Wildman–Crippen LogP) is 1.48. The minimum absolute atomic E-state index is 0.0618. The highest BCUT2D eigenvalue weighted by atomic mass is 35.7. The third-order valence-corrected chi connectivity index (χ3v) is 3.15. The summed E-state index contributed by atoms with van der Waals surface area (Å²) in [5.41, 5.74) is -0.0857. The molecule has 0 aliphatic carbocycles. The number of benzene rings is 1. The average Bonchev–Trinajstić information content (AvgIpc) is 2.01. The molecule has 0 fully saturated rings. The van der Waals surface area contributed by atoms with Crippen molar-refractivity contribution >= 4 is 32.4 Å². The van der Waals surface area contributed by atoms with E-state index in [4.69, 9.17) is 15.9 Å². The van der Waals surface area contributed by atoms with E-state index in [1.165, 1.54) is 0 Å². The van der Waals surface area contributed by atoms with Crippen molar-refractivity contribution in [3.63, 3.8) is 0 Å². The van der Waals surface area contributed by atoms with Crippen molar-refractivity contribution in [3.8, 4) is 11.8 Å². The molecule has 0 atom stereocenters. The summed E-state index contributed by atoms with van der Waals surface area (Å²) in [5.74, 6) is -0.459. The number of hydrogen-bond donors (Lipinski definition) is 2. The first-order chi connectivity index (χ1) is 6.36. The SMILES string of the molecule is N#Cc1c(O)cc(S(=O)(=O)Cl)cc1S. The number of rotatable bonds is 1. The summed E-state index contributed by atoms with van der Waals surface area (Å²) in [4.78, 5) is -0.229. The zero-order valence-corrected chi connectivity index (χ0v) is 9.07. The molecule has 0 unspecified atom stereocenters. The Kier molecular flexibility index (Phi) is 2.95. The maximum absolute atomic E-state index is 10.9. The lowest BCUT2D eigenvalue weighted by Crippen LogP contribution is -1.92. The number of hydrogen-bond acceptors (Lipinski definition) is 5. The highest BCUT2D eigenvalue weighted by Gasteiger charge is 2.15. The van der Waals surface area contributed by atoms with E-state index in [2.05, 4.69) is 12.6 Å². The van der Waals surface area contributed by atoms with Crippen molar-refractivity contribution in [1.29, 1.82) is 5.26 Å². The Morgan fingerprint density at radius 2 is 2.07 bits per heavy atom. The molecule has 1 aromatic rings. The number of aromatic hydroxyl groups is 1. The standard InChI is InChI=1S/C7H4ClNO3S2/c8-14(11,12)4-1-6(10)5(3-9)7(13)2-4/h1-2,10,13H. The average molecular weight is 250 g/mol. The van der Waals surface area contributed by atoms with Crippen LogP contribution in [0.4, 0.5) is 0 Å². The smallest absolute Gasteiger partial charge is 0.261 e. The number of thiol groups is 1. The molecule has 0 saturated carbocycles. The molecule has 0 aromatic heterocycles. The van der Waals surface area contributed by atoms with Crippen molar-refractivity contribution in [1.82, 2.24) is 0 Å². The van der Waals surface area contributed by atoms with Gasteiger partial charge in [-0.2, -0.15) is 5.26 Å². The Morgan fingerprint density at radius 1 is 1.50 bits per heavy atom. The molecule has 0 heterocycles. The Bertz CT molecular complexity index is 495. The molecule has 1 rings (SSSR count). The molecule has 0 saturated heterocycles. The van der Waals surface area contributed by atoms with Gasteiger partial charge in [0.25, 0.3) is 9.05 Å². The second-order valence-corrected chi connectivity index (χ2v) is 5.43. The quantitative estimate of drug-likeness (QED) is 0.584. The predicted molar refractivity (Wildman–Crippen MR) is 53.1 cm³/mol. The van der Waals surface area contributed by atoms with E-state index >= 15 is 0 Å². The van der Waals surface area contributed by atoms with Crippen LogP contribution in [0.1, 0.15) is 5.56 Å². The van der Waals surface area contributed by atoms with Crippen molar-refractivity contribution in [2.45, 2.75) is 9.79 Å². The van der Waals surface area contributed by atoms with E-state index in [-0.39, 0.29) is 15.4 Å². The van der Waals surface area contributed by atoms with Gasteiger partial charge < -0.3 is 5.11 Å². The first kappa shape index (κ1) is 11.2. The molecular formula is C7H4ClNO3S2. The van der Waals surface area contributed by atoms with Gasteiger partial charge in [0.2, 0.25) is 0 Å². The van der Waals surface area contributed by atoms with E-state index < -0.39 is 14.8 Å². The second kappa shape index (κ2) is 3.69. The highest BCUT2D eigenvalue weighted by molar-refractivity contribution is 8.13. The van der Waals surface area contributed by atoms with Gasteiger partial charge in [0.05, 0.1) is 4.90 Å². The van der Waals surface area contributed by atoms with Crippen molar-refractivity contribution < 1.29 is 13.5 Å². The molecule has 0 aliphatic rings. The molecule has 0 amide bonds. The van der Waals surface area contributed by atoms with Crippen LogP contribution in [0.2, 0.25) is 0 Å². The van der Waals surface area contributed by atoms with E-state index in [1.807, 2.05) is 0 Å². The minimum atomic E-state index is -3.92. The Balaban J connectivity index is 3.53. The van der Waals surface area contributed by atoms with Crippen LogP contribution in [0, 0.1) is 11.3 Å². The topological polar surface area (TPSA) is 78.2 Å². The fraction of sp³-hybridized carbons (Fsp3) is 0. The van der Waals surface area contributed by atoms with Crippen molar-refractivity contribution in [2.75, 3.05) is 0 Å². The van der Waals surface area contributed by atoms with Crippen molar-refractivity contribution in [3.05, 3.63) is 17.7 Å². The fourth-order valence-corrected chi connectivity index (χ4v) is 2.01. The van der Waals surface area contributed by atoms with Crippen LogP contribution >= 0.6 is 23.3 Å². The summed E-state index contributed by atoms with van der Waals surface area (Å²) in [7, 11) is 1.12. The lowest BCUT2D eigenvalue weighted by atomic mass is 10.2. The molecule has 7 heteroatoms. The molecule has 1 aromatic carbocycles. The van der Waals surface area contributed by atoms with E-state index in [9.17, 15) is 13.5 Å². The Labute approximate surface area is 90.6 Å². The lowest BCUT2D eigenvalue weighted by Gasteiger charge is -2.02. The first-order valence-corrected chi connectivity index (χ1v) is 6.02. The zero-order chi connectivity index (χ0) is 10.9. The molecular weight excluding hydrogens is 246 g/mol. The molecule has 74 valence electrons. The van der Waals surface area contributed by atoms with Gasteiger partial charge in [-0.1, -0.05) is 0 Å². The van der Waals surface area contributed by atoms with E-state index in [0.717, 1.165) is 12.1 Å². The van der Waals surface area contributed by atoms with Gasteiger partial charge in [0.1, 0.15) is 17.4 Å². The summed E-state index contributed by atoms with van der Waals surface area (Å²) < 4.78 is 21.7. The van der Waals surface area contributed by atoms with E-state index in [1.54, 1.807) is 6.07 Å². The fourth-order valence-electron chi connectivity index (χ4n) is 0.842. The first-order valence-electron chi connectivity index (χ1n) is 3.27. The van der Waals surface area contributed by atoms with Crippen LogP contribution in [-0.4, -0.2) is 13.5 Å². The van der Waals surface area contributed by atoms with Crippen molar-refractivity contribution in [2.24, 2.45) is 0 Å². The molecule has 1 N–H and O–H groups in total. The molecule has 0 spiro atoms. The van der Waals surface area contributed by atoms with E-state index in [0.29, 0.717) is 0 Å². The molecule has 14 heavy (non-hydrogen) atoms. The van der Waals surface area contributed by atoms with Gasteiger partial charge in [-0.05, 0) is 6.07 Å². The van der Waals surface area contributed by atoms with Crippen LogP contribution in [0.5, 0.6) is 5.75 Å². The summed E-state index contributed by atoms with van der Waals surface area (Å²) in [5, 5.41) is 17.8. The maximum Gasteiger partial charge on any atom is 0.261 e. The second-order valence-electron chi connectivity index (χ2n) is 2.39. The van der Waals surface area contributed by atoms with Gasteiger partial charge in [-0.3, -0.25) is 0 Å². The molecule has 0 radical (unpaired) electrons. The number of phenols is 1. The Morgan fingerprint density at radius 3 is 2.43 bits per heavy atom. The molecule has 0 aliphatic heterocycles. The van der Waals surface area contributed by atoms with Gasteiger partial charge in [-0.15, -0.1) is 12.6 Å². The monoisotopic (exact) mass is 249 g/mol. The van der Waals surface area contributed by atoms with Crippen LogP contribution in [-0.2, 0) is 9.05 Å². The third-order valence-electron chi connectivity index (χ3n) is 1.46. The van der Waals surface area contributed by atoms with Crippen LogP contribution in [0.3, 0.4) is 0 Å². The van der Waals surface area contributed by atoms with Gasteiger partial charge >= 0.3 is 0 Å². The summed E-state index contributed by atoms with van der Waals surface area (Å²) in [6.45, 7) is 0. The summed E-state index contributed by atoms with van der Waals surface area (Å²) >= 11 is 3.84. The summed E-state index contributed by atoms with van der Waals surface area (Å²) in [6, 6.07) is 3.68. The third kappa shape index (κ3) is 2.12. The Hall–Kier alpha value is -0.900. The number of phenolic OH excluding ortho intramolecular Hbond substituents is 1. The molecule has 4 nitrogen and oxygen atoms in total. The number of nitrogens with zero attached hydrogens (tertiary/aromatic N) is 1. The minimum Gasteiger partial charge on any atom is -0.506 e. The van der Waals surface area contributed by atoms with Gasteiger partial charge in [0, 0.05) is 21.6 Å². The maximum atomic E-state index is 10.9. The summed E-state index contributed by atoms with van der Waals surface area (Å²) in [6.07, 6.45) is 0. The zero-order valence-electron chi connectivity index (χ0n) is 6.60. The largest absolute Gasteiger partial charge is 0.506 e. The normalized spacial score (nSPS) is 10.9. The molecule has 0 bridgehead atoms. The van der Waals surface area contributed by atoms with Crippen LogP contribution in [0.15, 0.2) is 21.9 Å². The van der Waals surface area contributed by atoms with Gasteiger partial charge in [0.15, 0.2) is 0 Å². The van der Waals surface area contributed by atoms with Crippen LogP contribution in [0.25, 0.3) is 0 Å². The van der Waals surface area contributed by atoms with Gasteiger partial charge in [-0.25, -0.2) is 8.42 Å². The highest BCUT2D eigenvalue weighted by Crippen LogP contribution is 2.29. The lowest BCUT2D eigenvalue weighted by molar-refractivity contribution is 0.469. The van der Waals surface area contributed by atoms with Crippen LogP contribution < -0.4 is 0 Å². The number of halogens is 1.